The van der Waals surface area contributed by atoms with Gasteiger partial charge in [0.2, 0.25) is 11.6 Å². The summed E-state index contributed by atoms with van der Waals surface area (Å²) in [7, 11) is 4.49. The summed E-state index contributed by atoms with van der Waals surface area (Å²) in [4.78, 5) is 11.6. The molecule has 0 aliphatic rings. The highest BCUT2D eigenvalue weighted by molar-refractivity contribution is 5.85. The lowest BCUT2D eigenvalue weighted by molar-refractivity contribution is -0.138. The van der Waals surface area contributed by atoms with Gasteiger partial charge in [0.1, 0.15) is 0 Å². The maximum absolute atomic E-state index is 10.6. The van der Waals surface area contributed by atoms with E-state index in [4.69, 9.17) is 19.3 Å². The average Bonchev–Trinajstić information content (AvgIpc) is 2.93. The van der Waals surface area contributed by atoms with Crippen molar-refractivity contribution >= 4 is 18.4 Å². The second-order valence-corrected chi connectivity index (χ2v) is 3.95. The minimum atomic E-state index is -1.05. The Morgan fingerprint density at radius 2 is 1.77 bits per heavy atom. The van der Waals surface area contributed by atoms with E-state index < -0.39 is 5.97 Å². The van der Waals surface area contributed by atoms with Gasteiger partial charge in [-0.2, -0.15) is 4.80 Å². The topological polar surface area (TPSA) is 109 Å². The molecule has 9 nitrogen and oxygen atoms in total. The van der Waals surface area contributed by atoms with Crippen LogP contribution in [0.4, 0.5) is 0 Å². The largest absolute Gasteiger partial charge is 0.493 e. The fourth-order valence-corrected chi connectivity index (χ4v) is 1.76. The van der Waals surface area contributed by atoms with Crippen molar-refractivity contribution in [2.45, 2.75) is 6.54 Å². The molecule has 2 rings (SSSR count). The third kappa shape index (κ3) is 3.55. The first kappa shape index (κ1) is 17.5. The summed E-state index contributed by atoms with van der Waals surface area (Å²) in [5.74, 6) is 0.545. The predicted octanol–water partition coefficient (Wildman–Crippen LogP) is 0.872. The molecule has 0 aliphatic heterocycles. The number of benzene rings is 1. The van der Waals surface area contributed by atoms with Crippen molar-refractivity contribution in [1.29, 1.82) is 0 Å². The Bertz CT molecular complexity index is 636. The number of carboxylic acid groups (broad SMARTS) is 1. The zero-order valence-electron chi connectivity index (χ0n) is 12.1. The summed E-state index contributed by atoms with van der Waals surface area (Å²) in [6, 6.07) is 3.31. The molecule has 0 aliphatic carbocycles. The molecule has 0 fully saturated rings. The minimum Gasteiger partial charge on any atom is -0.493 e. The molecule has 0 radical (unpaired) electrons. The standard InChI is InChI=1S/C12H14N4O5.ClH/c1-19-8-4-7(5-9(20-2)11(8)21-3)12-13-15-16(14-12)6-10(17)18;/h4-5H,6H2,1-3H3,(H,17,18);1H. The van der Waals surface area contributed by atoms with E-state index in [0.29, 0.717) is 22.8 Å². The van der Waals surface area contributed by atoms with Gasteiger partial charge in [-0.25, -0.2) is 0 Å². The zero-order chi connectivity index (χ0) is 15.4. The van der Waals surface area contributed by atoms with Gasteiger partial charge in [0.15, 0.2) is 18.0 Å². The molecule has 1 N–H and O–H groups in total. The van der Waals surface area contributed by atoms with Gasteiger partial charge < -0.3 is 19.3 Å². The van der Waals surface area contributed by atoms with Crippen molar-refractivity contribution < 1.29 is 24.1 Å². The number of carboxylic acids is 1. The van der Waals surface area contributed by atoms with Crippen LogP contribution >= 0.6 is 12.4 Å². The molecule has 0 spiro atoms. The first-order valence-corrected chi connectivity index (χ1v) is 5.89. The highest BCUT2D eigenvalue weighted by atomic mass is 35.5. The summed E-state index contributed by atoms with van der Waals surface area (Å²) in [6.45, 7) is -0.364. The number of nitrogens with zero attached hydrogens (tertiary/aromatic N) is 4. The SMILES string of the molecule is COc1cc(-c2nnn(CC(=O)O)n2)cc(OC)c1OC.Cl. The van der Waals surface area contributed by atoms with Crippen molar-refractivity contribution in [3.8, 4) is 28.6 Å². The molecule has 0 bridgehead atoms. The maximum Gasteiger partial charge on any atom is 0.327 e. The molecular formula is C12H15ClN4O5. The lowest BCUT2D eigenvalue weighted by Crippen LogP contribution is -2.11. The van der Waals surface area contributed by atoms with E-state index in [1.165, 1.54) is 21.3 Å². The van der Waals surface area contributed by atoms with Crippen LogP contribution in [0.25, 0.3) is 11.4 Å². The van der Waals surface area contributed by atoms with E-state index in [-0.39, 0.29) is 24.8 Å². The molecular weight excluding hydrogens is 316 g/mol. The number of aromatic nitrogens is 4. The van der Waals surface area contributed by atoms with Crippen molar-refractivity contribution in [1.82, 2.24) is 20.2 Å². The minimum absolute atomic E-state index is 0. The first-order chi connectivity index (χ1) is 10.1. The molecule has 0 amide bonds. The monoisotopic (exact) mass is 330 g/mol. The van der Waals surface area contributed by atoms with Crippen LogP contribution in [0.3, 0.4) is 0 Å². The van der Waals surface area contributed by atoms with Crippen LogP contribution in [0.15, 0.2) is 12.1 Å². The Labute approximate surface area is 132 Å². The Hall–Kier alpha value is -2.55. The first-order valence-electron chi connectivity index (χ1n) is 5.89. The van der Waals surface area contributed by atoms with Crippen LogP contribution in [-0.4, -0.2) is 52.6 Å². The van der Waals surface area contributed by atoms with Crippen LogP contribution in [0.5, 0.6) is 17.2 Å². The van der Waals surface area contributed by atoms with Gasteiger partial charge in [-0.15, -0.1) is 22.6 Å². The van der Waals surface area contributed by atoms with E-state index in [2.05, 4.69) is 15.4 Å². The van der Waals surface area contributed by atoms with Crippen LogP contribution < -0.4 is 14.2 Å². The maximum atomic E-state index is 10.6. The molecule has 0 unspecified atom stereocenters. The second kappa shape index (κ2) is 7.46. The zero-order valence-corrected chi connectivity index (χ0v) is 13.0. The van der Waals surface area contributed by atoms with Crippen LogP contribution in [0.2, 0.25) is 0 Å². The normalized spacial score (nSPS) is 9.77. The number of hydrogen-bond donors (Lipinski definition) is 1. The van der Waals surface area contributed by atoms with E-state index in [9.17, 15) is 4.79 Å². The number of methoxy groups -OCH3 is 3. The van der Waals surface area contributed by atoms with Crippen molar-refractivity contribution in [2.75, 3.05) is 21.3 Å². The smallest absolute Gasteiger partial charge is 0.327 e. The number of ether oxygens (including phenoxy) is 3. The van der Waals surface area contributed by atoms with Gasteiger partial charge in [-0.05, 0) is 17.3 Å². The van der Waals surface area contributed by atoms with Crippen LogP contribution in [0, 0.1) is 0 Å². The van der Waals surface area contributed by atoms with Gasteiger partial charge in [-0.3, -0.25) is 4.79 Å². The van der Waals surface area contributed by atoms with Crippen LogP contribution in [-0.2, 0) is 11.3 Å². The van der Waals surface area contributed by atoms with E-state index in [1.54, 1.807) is 12.1 Å². The number of aliphatic carboxylic acids is 1. The van der Waals surface area contributed by atoms with Gasteiger partial charge in [0.25, 0.3) is 0 Å². The Kier molecular flexibility index (Phi) is 5.93. The number of halogens is 1. The molecule has 120 valence electrons. The van der Waals surface area contributed by atoms with Gasteiger partial charge >= 0.3 is 5.97 Å². The van der Waals surface area contributed by atoms with Gasteiger partial charge in [-0.1, -0.05) is 0 Å². The lowest BCUT2D eigenvalue weighted by Gasteiger charge is -2.12. The molecule has 0 saturated carbocycles. The molecule has 1 heterocycles. The molecule has 22 heavy (non-hydrogen) atoms. The Morgan fingerprint density at radius 3 is 2.23 bits per heavy atom. The number of hydrogen-bond acceptors (Lipinski definition) is 7. The predicted molar refractivity (Wildman–Crippen MR) is 77.8 cm³/mol. The Morgan fingerprint density at radius 1 is 1.18 bits per heavy atom. The fraction of sp³-hybridized carbons (Fsp3) is 0.333. The van der Waals surface area contributed by atoms with E-state index in [1.807, 2.05) is 0 Å². The molecule has 0 saturated heterocycles. The molecule has 1 aromatic carbocycles. The van der Waals surface area contributed by atoms with Crippen molar-refractivity contribution in [3.05, 3.63) is 12.1 Å². The second-order valence-electron chi connectivity index (χ2n) is 3.95. The van der Waals surface area contributed by atoms with Crippen LogP contribution in [0.1, 0.15) is 0 Å². The van der Waals surface area contributed by atoms with E-state index >= 15 is 0 Å². The molecule has 2 aromatic rings. The summed E-state index contributed by atoms with van der Waals surface area (Å²) in [5.41, 5.74) is 0.570. The van der Waals surface area contributed by atoms with E-state index in [0.717, 1.165) is 4.80 Å². The number of tetrazole rings is 1. The summed E-state index contributed by atoms with van der Waals surface area (Å²) in [6.07, 6.45) is 0. The molecule has 1 aromatic heterocycles. The number of rotatable bonds is 6. The summed E-state index contributed by atoms with van der Waals surface area (Å²) >= 11 is 0. The number of carbonyl (C=O) groups is 1. The highest BCUT2D eigenvalue weighted by Gasteiger charge is 2.17. The van der Waals surface area contributed by atoms with Crippen molar-refractivity contribution in [3.63, 3.8) is 0 Å². The van der Waals surface area contributed by atoms with Crippen molar-refractivity contribution in [2.24, 2.45) is 0 Å². The highest BCUT2D eigenvalue weighted by Crippen LogP contribution is 2.40. The lowest BCUT2D eigenvalue weighted by atomic mass is 10.1. The Balaban J connectivity index is 0.00000242. The van der Waals surface area contributed by atoms with Gasteiger partial charge in [0.05, 0.1) is 21.3 Å². The fourth-order valence-electron chi connectivity index (χ4n) is 1.76. The quantitative estimate of drug-likeness (QED) is 0.831. The third-order valence-corrected chi connectivity index (χ3v) is 2.65. The molecule has 0 atom stereocenters. The molecule has 10 heteroatoms. The summed E-state index contributed by atoms with van der Waals surface area (Å²) in [5, 5.41) is 20.2. The summed E-state index contributed by atoms with van der Waals surface area (Å²) < 4.78 is 15.7. The van der Waals surface area contributed by atoms with Gasteiger partial charge in [0, 0.05) is 5.56 Å². The average molecular weight is 331 g/mol. The third-order valence-electron chi connectivity index (χ3n) is 2.65.